The summed E-state index contributed by atoms with van der Waals surface area (Å²) in [5.74, 6) is 10.4. The molecule has 0 N–H and O–H groups in total. The number of hydrogen-bond donors (Lipinski definition) is 0. The summed E-state index contributed by atoms with van der Waals surface area (Å²) in [6, 6.07) is 0. The Kier molecular flexibility index (Phi) is 8.88. The highest BCUT2D eigenvalue weighted by atomic mass is 14.2. The Bertz CT molecular complexity index is 378. The molecule has 2 rings (SSSR count). The molecule has 130 valence electrons. The Hall–Kier alpha value is -0.700. The summed E-state index contributed by atoms with van der Waals surface area (Å²) in [4.78, 5) is 0. The third kappa shape index (κ3) is 7.15. The first-order valence-electron chi connectivity index (χ1n) is 10.5. The van der Waals surface area contributed by atoms with E-state index in [2.05, 4.69) is 37.8 Å². The van der Waals surface area contributed by atoms with Crippen molar-refractivity contribution in [3.63, 3.8) is 0 Å². The van der Waals surface area contributed by atoms with Gasteiger partial charge >= 0.3 is 0 Å². The van der Waals surface area contributed by atoms with Crippen molar-refractivity contribution < 1.29 is 0 Å². The van der Waals surface area contributed by atoms with Crippen molar-refractivity contribution in [2.24, 2.45) is 23.7 Å². The molecule has 0 heterocycles. The highest BCUT2D eigenvalue weighted by Crippen LogP contribution is 2.33. The van der Waals surface area contributed by atoms with Gasteiger partial charge in [0.2, 0.25) is 0 Å². The monoisotopic (exact) mass is 314 g/mol. The number of hydrogen-bond acceptors (Lipinski definition) is 0. The fraction of sp³-hybridized carbons (Fsp3) is 0.826. The highest BCUT2D eigenvalue weighted by molar-refractivity contribution is 5.18. The van der Waals surface area contributed by atoms with Crippen molar-refractivity contribution in [1.82, 2.24) is 0 Å². The maximum Gasteiger partial charge on any atom is 0.0206 e. The van der Waals surface area contributed by atoms with E-state index in [1.54, 1.807) is 0 Å². The van der Waals surface area contributed by atoms with E-state index in [1.165, 1.54) is 83.5 Å². The number of allylic oxidation sites excluding steroid dienone is 2. The van der Waals surface area contributed by atoms with Crippen LogP contribution in [0.5, 0.6) is 0 Å². The first kappa shape index (κ1) is 18.6. The van der Waals surface area contributed by atoms with Crippen molar-refractivity contribution in [1.29, 1.82) is 0 Å². The van der Waals surface area contributed by atoms with Gasteiger partial charge in [-0.3, -0.25) is 0 Å². The number of rotatable bonds is 6. The van der Waals surface area contributed by atoms with Crippen molar-refractivity contribution in [3.05, 3.63) is 12.2 Å². The van der Waals surface area contributed by atoms with Crippen LogP contribution in [-0.2, 0) is 0 Å². The van der Waals surface area contributed by atoms with Gasteiger partial charge in [0.05, 0.1) is 0 Å². The molecule has 0 aromatic rings. The molecule has 0 heteroatoms. The maximum atomic E-state index is 3.51. The van der Waals surface area contributed by atoms with Crippen LogP contribution < -0.4 is 0 Å². The molecule has 0 aliphatic heterocycles. The summed E-state index contributed by atoms with van der Waals surface area (Å²) in [6.07, 6.45) is 22.8. The second kappa shape index (κ2) is 11.0. The average Bonchev–Trinajstić information content (AvgIpc) is 2.61. The first-order valence-corrected chi connectivity index (χ1v) is 10.5. The lowest BCUT2D eigenvalue weighted by atomic mass is 9.79. The van der Waals surface area contributed by atoms with Crippen LogP contribution in [-0.4, -0.2) is 0 Å². The van der Waals surface area contributed by atoms with Gasteiger partial charge in [0, 0.05) is 5.92 Å². The van der Waals surface area contributed by atoms with Gasteiger partial charge in [-0.05, 0) is 75.2 Å². The summed E-state index contributed by atoms with van der Waals surface area (Å²) in [5, 5.41) is 0. The molecule has 0 amide bonds. The zero-order valence-electron chi connectivity index (χ0n) is 15.7. The van der Waals surface area contributed by atoms with Gasteiger partial charge in [0.25, 0.3) is 0 Å². The third-order valence-corrected chi connectivity index (χ3v) is 6.27. The van der Waals surface area contributed by atoms with Crippen LogP contribution in [0.2, 0.25) is 0 Å². The zero-order valence-corrected chi connectivity index (χ0v) is 15.7. The van der Waals surface area contributed by atoms with Crippen molar-refractivity contribution in [3.8, 4) is 11.8 Å². The van der Waals surface area contributed by atoms with E-state index in [9.17, 15) is 0 Å². The van der Waals surface area contributed by atoms with Gasteiger partial charge in [0.1, 0.15) is 0 Å². The topological polar surface area (TPSA) is 0 Å². The molecule has 0 atom stereocenters. The highest BCUT2D eigenvalue weighted by Gasteiger charge is 2.19. The standard InChI is InChI=1S/C23H38/c1-3-5-6-9-21-16-18-23(19-17-21)11-8-7-10-22-14-12-20(4-2)13-15-22/h8,11,20-23H,3-6,9,12-19H2,1-2H3. The minimum absolute atomic E-state index is 0.678. The van der Waals surface area contributed by atoms with Gasteiger partial charge < -0.3 is 0 Å². The molecule has 0 bridgehead atoms. The van der Waals surface area contributed by atoms with Crippen LogP contribution in [0.15, 0.2) is 12.2 Å². The summed E-state index contributed by atoms with van der Waals surface area (Å²) in [7, 11) is 0. The largest absolute Gasteiger partial charge is 0.0951 e. The lowest BCUT2D eigenvalue weighted by Gasteiger charge is -2.26. The Morgan fingerprint density at radius 3 is 2.17 bits per heavy atom. The van der Waals surface area contributed by atoms with E-state index >= 15 is 0 Å². The van der Waals surface area contributed by atoms with Crippen LogP contribution in [0.25, 0.3) is 0 Å². The summed E-state index contributed by atoms with van der Waals surface area (Å²) >= 11 is 0. The minimum atomic E-state index is 0.678. The first-order chi connectivity index (χ1) is 11.3. The molecule has 0 spiro atoms. The van der Waals surface area contributed by atoms with E-state index in [4.69, 9.17) is 0 Å². The predicted molar refractivity (Wildman–Crippen MR) is 102 cm³/mol. The second-order valence-electron chi connectivity index (χ2n) is 8.05. The molecular formula is C23H38. The van der Waals surface area contributed by atoms with Crippen molar-refractivity contribution >= 4 is 0 Å². The Morgan fingerprint density at radius 1 is 0.826 bits per heavy atom. The SMILES string of the molecule is CCCCCC1CCC(C=CC#CC2CCC(CC)CC2)CC1. The van der Waals surface area contributed by atoms with Crippen LogP contribution >= 0.6 is 0 Å². The lowest BCUT2D eigenvalue weighted by Crippen LogP contribution is -2.13. The quantitative estimate of drug-likeness (QED) is 0.361. The fourth-order valence-corrected chi connectivity index (χ4v) is 4.42. The van der Waals surface area contributed by atoms with E-state index in [-0.39, 0.29) is 0 Å². The Balaban J connectivity index is 1.61. The van der Waals surface area contributed by atoms with E-state index in [0.717, 1.165) is 17.8 Å². The van der Waals surface area contributed by atoms with Gasteiger partial charge in [-0.1, -0.05) is 63.9 Å². The fourth-order valence-electron chi connectivity index (χ4n) is 4.42. The van der Waals surface area contributed by atoms with Gasteiger partial charge in [-0.15, -0.1) is 0 Å². The molecule has 0 saturated heterocycles. The molecule has 0 unspecified atom stereocenters. The molecule has 0 aromatic carbocycles. The van der Waals surface area contributed by atoms with E-state index < -0.39 is 0 Å². The Morgan fingerprint density at radius 2 is 1.52 bits per heavy atom. The second-order valence-corrected chi connectivity index (χ2v) is 8.05. The molecule has 23 heavy (non-hydrogen) atoms. The van der Waals surface area contributed by atoms with E-state index in [1.807, 2.05) is 0 Å². The van der Waals surface area contributed by atoms with Crippen LogP contribution in [0.3, 0.4) is 0 Å². The lowest BCUT2D eigenvalue weighted by molar-refractivity contribution is 0.289. The van der Waals surface area contributed by atoms with Crippen LogP contribution in [0.4, 0.5) is 0 Å². The smallest absolute Gasteiger partial charge is 0.0206 e. The molecule has 2 saturated carbocycles. The molecule has 0 nitrogen and oxygen atoms in total. The molecule has 2 aliphatic rings. The molecular weight excluding hydrogens is 276 g/mol. The molecule has 2 fully saturated rings. The average molecular weight is 315 g/mol. The maximum absolute atomic E-state index is 3.51. The minimum Gasteiger partial charge on any atom is -0.0951 e. The van der Waals surface area contributed by atoms with Gasteiger partial charge in [-0.25, -0.2) is 0 Å². The van der Waals surface area contributed by atoms with Crippen molar-refractivity contribution in [2.75, 3.05) is 0 Å². The number of unbranched alkanes of at least 4 members (excludes halogenated alkanes) is 2. The predicted octanol–water partition coefficient (Wildman–Crippen LogP) is 7.15. The summed E-state index contributed by atoms with van der Waals surface area (Å²) in [5.41, 5.74) is 0. The molecule has 2 aliphatic carbocycles. The molecule has 0 aromatic heterocycles. The van der Waals surface area contributed by atoms with Gasteiger partial charge in [0.15, 0.2) is 0 Å². The Labute approximate surface area is 145 Å². The third-order valence-electron chi connectivity index (χ3n) is 6.27. The zero-order chi connectivity index (χ0) is 16.3. The molecule has 0 radical (unpaired) electrons. The van der Waals surface area contributed by atoms with Crippen LogP contribution in [0.1, 0.15) is 97.3 Å². The normalized spacial score (nSPS) is 31.7. The summed E-state index contributed by atoms with van der Waals surface area (Å²) in [6.45, 7) is 4.64. The van der Waals surface area contributed by atoms with E-state index in [0.29, 0.717) is 5.92 Å². The van der Waals surface area contributed by atoms with Gasteiger partial charge in [-0.2, -0.15) is 0 Å². The summed E-state index contributed by atoms with van der Waals surface area (Å²) < 4.78 is 0. The van der Waals surface area contributed by atoms with Crippen LogP contribution in [0, 0.1) is 35.5 Å². The van der Waals surface area contributed by atoms with Crippen molar-refractivity contribution in [2.45, 2.75) is 97.3 Å².